The van der Waals surface area contributed by atoms with E-state index < -0.39 is 16.3 Å². The average molecular weight is 366 g/mol. The lowest BCUT2D eigenvalue weighted by molar-refractivity contribution is 0.259. The Hall–Kier alpha value is -2.72. The first-order valence-corrected chi connectivity index (χ1v) is 8.57. The Labute approximate surface area is 145 Å². The first kappa shape index (κ1) is 18.6. The van der Waals surface area contributed by atoms with E-state index in [-0.39, 0.29) is 21.8 Å². The highest BCUT2D eigenvalue weighted by Gasteiger charge is 2.30. The number of rotatable bonds is 4. The molecule has 2 rings (SSSR count). The number of methoxy groups -OCH3 is 1. The van der Waals surface area contributed by atoms with Crippen LogP contribution in [0.3, 0.4) is 0 Å². The zero-order valence-electron chi connectivity index (χ0n) is 14.1. The molecule has 0 aliphatic heterocycles. The second kappa shape index (κ2) is 7.03. The SMILES string of the molecule is COc1cc(C)nc(NC(=O)N(c2c(C)cccc2C)S(=O)(=O)O)n1. The van der Waals surface area contributed by atoms with Crippen LogP contribution in [0.15, 0.2) is 24.3 Å². The van der Waals surface area contributed by atoms with E-state index in [1.54, 1.807) is 45.0 Å². The fourth-order valence-corrected chi connectivity index (χ4v) is 3.07. The molecule has 2 N–H and O–H groups in total. The second-order valence-electron chi connectivity index (χ2n) is 5.29. The topological polar surface area (TPSA) is 122 Å². The minimum atomic E-state index is -4.87. The van der Waals surface area contributed by atoms with E-state index in [0.29, 0.717) is 16.8 Å². The summed E-state index contributed by atoms with van der Waals surface area (Å²) in [5, 5.41) is 2.26. The summed E-state index contributed by atoms with van der Waals surface area (Å²) in [5.41, 5.74) is 1.56. The van der Waals surface area contributed by atoms with Crippen LogP contribution in [0.4, 0.5) is 16.4 Å². The van der Waals surface area contributed by atoms with E-state index >= 15 is 0 Å². The Morgan fingerprint density at radius 2 is 1.80 bits per heavy atom. The van der Waals surface area contributed by atoms with Crippen molar-refractivity contribution < 1.29 is 22.5 Å². The van der Waals surface area contributed by atoms with Gasteiger partial charge in [0, 0.05) is 11.8 Å². The molecule has 0 aliphatic rings. The zero-order chi connectivity index (χ0) is 18.8. The van der Waals surface area contributed by atoms with Gasteiger partial charge in [0.15, 0.2) is 0 Å². The summed E-state index contributed by atoms with van der Waals surface area (Å²) in [6.07, 6.45) is 0. The lowest BCUT2D eigenvalue weighted by Gasteiger charge is -2.22. The molecule has 0 bridgehead atoms. The van der Waals surface area contributed by atoms with Gasteiger partial charge in [0.25, 0.3) is 0 Å². The minimum Gasteiger partial charge on any atom is -0.481 e. The van der Waals surface area contributed by atoms with Crippen molar-refractivity contribution in [3.63, 3.8) is 0 Å². The van der Waals surface area contributed by atoms with Gasteiger partial charge in [-0.25, -0.2) is 9.78 Å². The molecular weight excluding hydrogens is 348 g/mol. The number of carbonyl (C=O) groups is 1. The van der Waals surface area contributed by atoms with Crippen LogP contribution >= 0.6 is 0 Å². The normalized spacial score (nSPS) is 11.1. The highest BCUT2D eigenvalue weighted by molar-refractivity contribution is 7.88. The lowest BCUT2D eigenvalue weighted by Crippen LogP contribution is -2.41. The number of ether oxygens (including phenoxy) is 1. The van der Waals surface area contributed by atoms with Crippen LogP contribution in [0.25, 0.3) is 0 Å². The summed E-state index contributed by atoms with van der Waals surface area (Å²) in [6, 6.07) is 5.39. The molecule has 2 amide bonds. The molecule has 0 aliphatic carbocycles. The van der Waals surface area contributed by atoms with E-state index in [9.17, 15) is 17.8 Å². The smallest absolute Gasteiger partial charge is 0.368 e. The molecule has 0 saturated carbocycles. The van der Waals surface area contributed by atoms with Gasteiger partial charge in [-0.1, -0.05) is 18.2 Å². The van der Waals surface area contributed by atoms with Gasteiger partial charge in [-0.15, -0.1) is 0 Å². The first-order valence-electron chi connectivity index (χ1n) is 7.18. The highest BCUT2D eigenvalue weighted by Crippen LogP contribution is 2.27. The van der Waals surface area contributed by atoms with Gasteiger partial charge in [0.05, 0.1) is 12.8 Å². The predicted molar refractivity (Wildman–Crippen MR) is 92.3 cm³/mol. The van der Waals surface area contributed by atoms with Crippen molar-refractivity contribution in [3.8, 4) is 5.88 Å². The van der Waals surface area contributed by atoms with Crippen molar-refractivity contribution in [1.82, 2.24) is 9.97 Å². The van der Waals surface area contributed by atoms with Crippen molar-refractivity contribution in [1.29, 1.82) is 0 Å². The maximum atomic E-state index is 12.5. The van der Waals surface area contributed by atoms with Gasteiger partial charge in [0.2, 0.25) is 11.8 Å². The summed E-state index contributed by atoms with van der Waals surface area (Å²) >= 11 is 0. The monoisotopic (exact) mass is 366 g/mol. The summed E-state index contributed by atoms with van der Waals surface area (Å²) in [4.78, 5) is 20.5. The maximum absolute atomic E-state index is 12.5. The van der Waals surface area contributed by atoms with Crippen LogP contribution in [0.1, 0.15) is 16.8 Å². The van der Waals surface area contributed by atoms with E-state index in [2.05, 4.69) is 15.3 Å². The van der Waals surface area contributed by atoms with Crippen molar-refractivity contribution in [2.75, 3.05) is 16.7 Å². The Kier molecular flexibility index (Phi) is 5.24. The van der Waals surface area contributed by atoms with Gasteiger partial charge < -0.3 is 4.74 Å². The molecule has 1 aromatic carbocycles. The molecule has 1 aromatic heterocycles. The van der Waals surface area contributed by atoms with Gasteiger partial charge in [0.1, 0.15) is 0 Å². The summed E-state index contributed by atoms with van der Waals surface area (Å²) in [5.74, 6) is 0.0509. The van der Waals surface area contributed by atoms with E-state index in [4.69, 9.17) is 4.74 Å². The molecule has 0 radical (unpaired) electrons. The Morgan fingerprint density at radius 1 is 1.20 bits per heavy atom. The molecule has 0 fully saturated rings. The number of aryl methyl sites for hydroxylation is 3. The van der Waals surface area contributed by atoms with Crippen molar-refractivity contribution >= 4 is 28.0 Å². The molecule has 1 heterocycles. The molecule has 9 nitrogen and oxygen atoms in total. The first-order chi connectivity index (χ1) is 11.6. The minimum absolute atomic E-state index is 0.0575. The van der Waals surface area contributed by atoms with Crippen molar-refractivity contribution in [3.05, 3.63) is 41.1 Å². The van der Waals surface area contributed by atoms with Gasteiger partial charge in [-0.2, -0.15) is 17.7 Å². The van der Waals surface area contributed by atoms with Crippen LogP contribution in [0.2, 0.25) is 0 Å². The number of amides is 2. The molecule has 0 atom stereocenters. The van der Waals surface area contributed by atoms with E-state index in [1.807, 2.05) is 0 Å². The predicted octanol–water partition coefficient (Wildman–Crippen LogP) is 2.25. The summed E-state index contributed by atoms with van der Waals surface area (Å²) < 4.78 is 38.4. The maximum Gasteiger partial charge on any atom is 0.368 e. The average Bonchev–Trinajstić information content (AvgIpc) is 2.48. The number of nitrogens with one attached hydrogen (secondary N) is 1. The number of anilines is 2. The number of hydrogen-bond acceptors (Lipinski definition) is 6. The Morgan fingerprint density at radius 3 is 2.32 bits per heavy atom. The van der Waals surface area contributed by atoms with E-state index in [1.165, 1.54) is 7.11 Å². The third kappa shape index (κ3) is 4.22. The number of hydrogen-bond donors (Lipinski definition) is 2. The largest absolute Gasteiger partial charge is 0.481 e. The molecule has 0 unspecified atom stereocenters. The number of para-hydroxylation sites is 1. The molecule has 0 saturated heterocycles. The molecule has 2 aromatic rings. The molecule has 10 heteroatoms. The van der Waals surface area contributed by atoms with Crippen molar-refractivity contribution in [2.45, 2.75) is 20.8 Å². The lowest BCUT2D eigenvalue weighted by atomic mass is 10.1. The number of carbonyl (C=O) groups excluding carboxylic acids is 1. The number of nitrogens with zero attached hydrogens (tertiary/aromatic N) is 3. The molecule has 0 spiro atoms. The number of urea groups is 1. The van der Waals surface area contributed by atoms with Crippen molar-refractivity contribution in [2.24, 2.45) is 0 Å². The van der Waals surface area contributed by atoms with Gasteiger partial charge in [-0.05, 0) is 31.9 Å². The third-order valence-corrected chi connectivity index (χ3v) is 4.13. The fraction of sp³-hybridized carbons (Fsp3) is 0.267. The van der Waals surface area contributed by atoms with Crippen LogP contribution < -0.4 is 14.4 Å². The number of benzene rings is 1. The Bertz CT molecular complexity index is 894. The number of aromatic nitrogens is 2. The van der Waals surface area contributed by atoms with Crippen LogP contribution in [0.5, 0.6) is 5.88 Å². The Balaban J connectivity index is 2.47. The van der Waals surface area contributed by atoms with Gasteiger partial charge >= 0.3 is 16.3 Å². The van der Waals surface area contributed by atoms with Crippen LogP contribution in [-0.4, -0.2) is 36.1 Å². The molecule has 25 heavy (non-hydrogen) atoms. The highest BCUT2D eigenvalue weighted by atomic mass is 32.2. The fourth-order valence-electron chi connectivity index (χ4n) is 2.29. The summed E-state index contributed by atoms with van der Waals surface area (Å²) in [6.45, 7) is 4.91. The second-order valence-corrected chi connectivity index (χ2v) is 6.55. The standard InChI is InChI=1S/C15H18N4O5S/c1-9-6-5-7-10(2)13(9)19(25(21,22)23)15(20)18-14-16-11(3)8-12(17-14)24-4/h5-8H,1-4H3,(H,21,22,23)(H,16,17,18,20). The quantitative estimate of drug-likeness (QED) is 0.796. The summed E-state index contributed by atoms with van der Waals surface area (Å²) in [7, 11) is -3.48. The van der Waals surface area contributed by atoms with E-state index in [0.717, 1.165) is 0 Å². The molecule has 134 valence electrons. The third-order valence-electron chi connectivity index (χ3n) is 3.32. The zero-order valence-corrected chi connectivity index (χ0v) is 15.0. The van der Waals surface area contributed by atoms with Crippen LogP contribution in [0, 0.1) is 20.8 Å². The van der Waals surface area contributed by atoms with Gasteiger partial charge in [-0.3, -0.25) is 9.87 Å². The molecular formula is C15H18N4O5S. The van der Waals surface area contributed by atoms with Crippen LogP contribution in [-0.2, 0) is 10.3 Å².